The van der Waals surface area contributed by atoms with Crippen LogP contribution in [0.4, 0.5) is 10.5 Å². The SMILES string of the molecule is C[C@H]1CCc2c(ccc3c2nc(CCn2ccccc2=O)n3CCNCCC#N)N1C(=O)O. The normalized spacial score (nSPS) is 15.4. The van der Waals surface area contributed by atoms with Crippen molar-refractivity contribution in [1.29, 1.82) is 5.26 Å². The fourth-order valence-corrected chi connectivity index (χ4v) is 4.53. The minimum absolute atomic E-state index is 0.0539. The molecule has 4 rings (SSSR count). The molecule has 0 aliphatic carbocycles. The second-order valence-electron chi connectivity index (χ2n) is 8.29. The highest BCUT2D eigenvalue weighted by molar-refractivity contribution is 5.94. The van der Waals surface area contributed by atoms with Gasteiger partial charge in [-0.15, -0.1) is 0 Å². The van der Waals surface area contributed by atoms with Gasteiger partial charge in [0.1, 0.15) is 5.82 Å². The first kappa shape index (κ1) is 22.6. The molecule has 1 amide bonds. The van der Waals surface area contributed by atoms with E-state index in [2.05, 4.69) is 16.0 Å². The van der Waals surface area contributed by atoms with Crippen molar-refractivity contribution < 1.29 is 9.90 Å². The van der Waals surface area contributed by atoms with E-state index in [0.717, 1.165) is 35.3 Å². The number of aryl methyl sites for hydroxylation is 3. The van der Waals surface area contributed by atoms with Crippen LogP contribution in [-0.4, -0.2) is 44.4 Å². The first-order valence-electron chi connectivity index (χ1n) is 11.3. The molecule has 0 bridgehead atoms. The minimum atomic E-state index is -0.951. The third-order valence-electron chi connectivity index (χ3n) is 6.20. The summed E-state index contributed by atoms with van der Waals surface area (Å²) in [7, 11) is 0. The average molecular weight is 449 g/mol. The molecular formula is C24H28N6O3. The maximum absolute atomic E-state index is 12.1. The lowest BCUT2D eigenvalue weighted by Gasteiger charge is -2.33. The van der Waals surface area contributed by atoms with Gasteiger partial charge in [-0.3, -0.25) is 9.69 Å². The first-order chi connectivity index (χ1) is 16.0. The van der Waals surface area contributed by atoms with E-state index in [0.29, 0.717) is 44.7 Å². The molecule has 0 unspecified atom stereocenters. The molecule has 2 aromatic heterocycles. The Kier molecular flexibility index (Phi) is 6.75. The molecule has 0 saturated heterocycles. The van der Waals surface area contributed by atoms with E-state index in [1.165, 1.54) is 4.90 Å². The fourth-order valence-electron chi connectivity index (χ4n) is 4.53. The summed E-state index contributed by atoms with van der Waals surface area (Å²) in [5.41, 5.74) is 3.41. The Morgan fingerprint density at radius 2 is 2.12 bits per heavy atom. The van der Waals surface area contributed by atoms with Crippen molar-refractivity contribution in [2.45, 2.75) is 51.7 Å². The van der Waals surface area contributed by atoms with Crippen molar-refractivity contribution in [3.8, 4) is 6.07 Å². The standard InChI is InChI=1S/C24H28N6O3/c1-17-6-7-18-19(30(17)24(32)33)8-9-20-23(18)27-21(29(20)16-13-26-12-4-11-25)10-15-28-14-3-2-5-22(28)31/h2-3,5,8-9,14,17,26H,4,6-7,10,12-13,15-16H2,1H3,(H,32,33)/t17-/m0/s1. The fraction of sp³-hybridized carbons (Fsp3) is 0.417. The van der Waals surface area contributed by atoms with Gasteiger partial charge >= 0.3 is 6.09 Å². The van der Waals surface area contributed by atoms with Crippen LogP contribution in [0.3, 0.4) is 0 Å². The number of anilines is 1. The van der Waals surface area contributed by atoms with Crippen LogP contribution in [0.15, 0.2) is 41.3 Å². The van der Waals surface area contributed by atoms with Crippen LogP contribution in [0.5, 0.6) is 0 Å². The molecule has 1 aliphatic heterocycles. The molecule has 3 aromatic rings. The van der Waals surface area contributed by atoms with Crippen molar-refractivity contribution in [2.24, 2.45) is 0 Å². The highest BCUT2D eigenvalue weighted by Crippen LogP contribution is 2.36. The van der Waals surface area contributed by atoms with E-state index in [-0.39, 0.29) is 11.6 Å². The number of fused-ring (bicyclic) bond motifs is 3. The summed E-state index contributed by atoms with van der Waals surface area (Å²) in [6.07, 6.45) is 3.36. The summed E-state index contributed by atoms with van der Waals surface area (Å²) in [4.78, 5) is 30.4. The Morgan fingerprint density at radius 1 is 1.27 bits per heavy atom. The number of nitrogens with one attached hydrogen (secondary N) is 1. The third kappa shape index (κ3) is 4.61. The predicted octanol–water partition coefficient (Wildman–Crippen LogP) is 2.76. The molecule has 9 nitrogen and oxygen atoms in total. The maximum Gasteiger partial charge on any atom is 0.412 e. The zero-order valence-corrected chi connectivity index (χ0v) is 18.7. The molecule has 9 heteroatoms. The number of carbonyl (C=O) groups is 1. The number of aromatic nitrogens is 3. The minimum Gasteiger partial charge on any atom is -0.465 e. The second kappa shape index (κ2) is 9.88. The lowest BCUT2D eigenvalue weighted by atomic mass is 9.96. The Bertz CT molecular complexity index is 1260. The summed E-state index contributed by atoms with van der Waals surface area (Å²) in [6, 6.07) is 11.0. The van der Waals surface area contributed by atoms with Gasteiger partial charge in [0.2, 0.25) is 0 Å². The van der Waals surface area contributed by atoms with Gasteiger partial charge in [0.05, 0.1) is 22.8 Å². The maximum atomic E-state index is 12.1. The topological polar surface area (TPSA) is 116 Å². The summed E-state index contributed by atoms with van der Waals surface area (Å²) >= 11 is 0. The zero-order valence-electron chi connectivity index (χ0n) is 18.7. The van der Waals surface area contributed by atoms with Crippen LogP contribution in [-0.2, 0) is 25.9 Å². The molecule has 0 saturated carbocycles. The van der Waals surface area contributed by atoms with Gasteiger partial charge in [-0.25, -0.2) is 9.78 Å². The summed E-state index contributed by atoms with van der Waals surface area (Å²) in [5, 5.41) is 21.8. The summed E-state index contributed by atoms with van der Waals surface area (Å²) in [6.45, 7) is 4.40. The smallest absolute Gasteiger partial charge is 0.412 e. The van der Waals surface area contributed by atoms with Gasteiger partial charge in [0.25, 0.3) is 5.56 Å². The van der Waals surface area contributed by atoms with Crippen molar-refractivity contribution in [2.75, 3.05) is 18.0 Å². The van der Waals surface area contributed by atoms with Crippen molar-refractivity contribution >= 4 is 22.8 Å². The van der Waals surface area contributed by atoms with Crippen LogP contribution >= 0.6 is 0 Å². The van der Waals surface area contributed by atoms with E-state index in [1.54, 1.807) is 22.9 Å². The first-order valence-corrected chi connectivity index (χ1v) is 11.3. The van der Waals surface area contributed by atoms with Crippen LogP contribution < -0.4 is 15.8 Å². The van der Waals surface area contributed by atoms with Crippen LogP contribution in [0.2, 0.25) is 0 Å². The quantitative estimate of drug-likeness (QED) is 0.512. The highest BCUT2D eigenvalue weighted by Gasteiger charge is 2.30. The molecule has 0 fully saturated rings. The van der Waals surface area contributed by atoms with Gasteiger partial charge in [0.15, 0.2) is 0 Å². The molecule has 3 heterocycles. The number of pyridine rings is 1. The zero-order chi connectivity index (χ0) is 23.4. The predicted molar refractivity (Wildman–Crippen MR) is 126 cm³/mol. The molecule has 1 atom stereocenters. The van der Waals surface area contributed by atoms with Gasteiger partial charge in [-0.1, -0.05) is 6.07 Å². The van der Waals surface area contributed by atoms with Crippen molar-refractivity contribution in [1.82, 2.24) is 19.4 Å². The number of hydrogen-bond acceptors (Lipinski definition) is 5. The molecule has 0 radical (unpaired) electrons. The number of amides is 1. The van der Waals surface area contributed by atoms with Gasteiger partial charge in [0, 0.05) is 62.9 Å². The van der Waals surface area contributed by atoms with E-state index < -0.39 is 6.09 Å². The Morgan fingerprint density at radius 3 is 2.88 bits per heavy atom. The molecule has 172 valence electrons. The van der Waals surface area contributed by atoms with Gasteiger partial charge in [-0.2, -0.15) is 5.26 Å². The number of hydrogen-bond donors (Lipinski definition) is 2. The molecule has 0 spiro atoms. The van der Waals surface area contributed by atoms with Crippen LogP contribution in [0.25, 0.3) is 11.0 Å². The average Bonchev–Trinajstić information content (AvgIpc) is 3.15. The van der Waals surface area contributed by atoms with E-state index in [4.69, 9.17) is 10.2 Å². The number of benzene rings is 1. The summed E-state index contributed by atoms with van der Waals surface area (Å²) in [5.74, 6) is 0.858. The van der Waals surface area contributed by atoms with Gasteiger partial charge < -0.3 is 19.6 Å². The van der Waals surface area contributed by atoms with Crippen molar-refractivity contribution in [3.63, 3.8) is 0 Å². The van der Waals surface area contributed by atoms with E-state index >= 15 is 0 Å². The molecular weight excluding hydrogens is 420 g/mol. The van der Waals surface area contributed by atoms with E-state index in [9.17, 15) is 14.7 Å². The van der Waals surface area contributed by atoms with Crippen molar-refractivity contribution in [3.05, 3.63) is 58.3 Å². The number of nitriles is 1. The number of nitrogens with zero attached hydrogens (tertiary/aromatic N) is 5. The number of rotatable bonds is 8. The molecule has 33 heavy (non-hydrogen) atoms. The monoisotopic (exact) mass is 448 g/mol. The molecule has 1 aliphatic rings. The Hall–Kier alpha value is -3.64. The lowest BCUT2D eigenvalue weighted by molar-refractivity contribution is 0.198. The lowest BCUT2D eigenvalue weighted by Crippen LogP contribution is -2.41. The van der Waals surface area contributed by atoms with E-state index in [1.807, 2.05) is 25.1 Å². The third-order valence-corrected chi connectivity index (χ3v) is 6.20. The molecule has 2 N–H and O–H groups in total. The van der Waals surface area contributed by atoms with Crippen LogP contribution in [0.1, 0.15) is 31.2 Å². The second-order valence-corrected chi connectivity index (χ2v) is 8.29. The van der Waals surface area contributed by atoms with Crippen LogP contribution in [0, 0.1) is 11.3 Å². The highest BCUT2D eigenvalue weighted by atomic mass is 16.4. The summed E-state index contributed by atoms with van der Waals surface area (Å²) < 4.78 is 3.81. The molecule has 1 aromatic carbocycles. The largest absolute Gasteiger partial charge is 0.465 e. The Balaban J connectivity index is 1.70. The Labute approximate surface area is 191 Å². The number of carboxylic acid groups (broad SMARTS) is 1. The number of imidazole rings is 1. The van der Waals surface area contributed by atoms with Gasteiger partial charge in [-0.05, 0) is 38.0 Å².